The molecular weight excluding hydrogens is 420 g/mol. The van der Waals surface area contributed by atoms with E-state index in [1.807, 2.05) is 61.5 Å². The van der Waals surface area contributed by atoms with Crippen molar-refractivity contribution in [3.05, 3.63) is 89.5 Å². The van der Waals surface area contributed by atoms with Gasteiger partial charge in [-0.2, -0.15) is 0 Å². The first-order valence-corrected chi connectivity index (χ1v) is 12.3. The molecule has 2 aliphatic rings. The highest BCUT2D eigenvalue weighted by atomic mass is 32.2. The highest BCUT2D eigenvalue weighted by molar-refractivity contribution is 7.85. The Hall–Kier alpha value is -2.92. The van der Waals surface area contributed by atoms with E-state index in [0.29, 0.717) is 6.61 Å². The molecule has 0 aromatic heterocycles. The van der Waals surface area contributed by atoms with Gasteiger partial charge < -0.3 is 9.47 Å². The molecule has 0 N–H and O–H groups in total. The average molecular weight is 447 g/mol. The van der Waals surface area contributed by atoms with Crippen LogP contribution in [0.1, 0.15) is 48.5 Å². The molecule has 3 unspecified atom stereocenters. The van der Waals surface area contributed by atoms with Gasteiger partial charge in [0.1, 0.15) is 11.9 Å². The molecule has 32 heavy (non-hydrogen) atoms. The third-order valence-corrected chi connectivity index (χ3v) is 7.78. The molecule has 3 aromatic carbocycles. The molecule has 4 atom stereocenters. The second kappa shape index (κ2) is 8.91. The number of esters is 1. The van der Waals surface area contributed by atoms with Crippen LogP contribution in [0.2, 0.25) is 0 Å². The van der Waals surface area contributed by atoms with Gasteiger partial charge in [0.05, 0.1) is 23.3 Å². The first-order chi connectivity index (χ1) is 15.7. The molecule has 2 aliphatic carbocycles. The molecule has 0 bridgehead atoms. The van der Waals surface area contributed by atoms with Gasteiger partial charge in [-0.05, 0) is 79.1 Å². The summed E-state index contributed by atoms with van der Waals surface area (Å²) in [4.78, 5) is 13.6. The topological polar surface area (TPSA) is 52.6 Å². The molecule has 0 aliphatic heterocycles. The molecule has 0 heterocycles. The minimum atomic E-state index is -1.19. The fourth-order valence-electron chi connectivity index (χ4n) is 4.58. The molecule has 1 saturated carbocycles. The van der Waals surface area contributed by atoms with E-state index in [2.05, 4.69) is 18.2 Å². The summed E-state index contributed by atoms with van der Waals surface area (Å²) in [5.41, 5.74) is 3.43. The zero-order valence-electron chi connectivity index (χ0n) is 18.0. The van der Waals surface area contributed by atoms with Crippen LogP contribution in [0, 0.1) is 5.92 Å². The van der Waals surface area contributed by atoms with Gasteiger partial charge in [-0.15, -0.1) is 0 Å². The first kappa shape index (κ1) is 21.0. The van der Waals surface area contributed by atoms with Crippen molar-refractivity contribution >= 4 is 16.8 Å². The Kier molecular flexibility index (Phi) is 5.83. The number of carbonyl (C=O) groups excluding carboxylic acids is 1. The van der Waals surface area contributed by atoms with E-state index in [4.69, 9.17) is 9.47 Å². The van der Waals surface area contributed by atoms with Gasteiger partial charge >= 0.3 is 5.97 Å². The summed E-state index contributed by atoms with van der Waals surface area (Å²) in [5.74, 6) is 0.969. The summed E-state index contributed by atoms with van der Waals surface area (Å²) in [7, 11) is -1.19. The maximum absolute atomic E-state index is 13.1. The van der Waals surface area contributed by atoms with Crippen molar-refractivity contribution in [1.29, 1.82) is 0 Å². The van der Waals surface area contributed by atoms with Crippen LogP contribution >= 0.6 is 0 Å². The SMILES string of the molecule is CCOC(=O)C1CC1c1ccc(O[C@@H]2CCc3c2cccc3S(=O)c2ccccc2)cc1. The normalized spacial score (nSPS) is 22.1. The monoisotopic (exact) mass is 446 g/mol. The van der Waals surface area contributed by atoms with Crippen molar-refractivity contribution in [2.24, 2.45) is 5.92 Å². The number of fused-ring (bicyclic) bond motifs is 1. The van der Waals surface area contributed by atoms with Crippen LogP contribution in [0.3, 0.4) is 0 Å². The van der Waals surface area contributed by atoms with Crippen molar-refractivity contribution in [2.75, 3.05) is 6.61 Å². The van der Waals surface area contributed by atoms with Crippen molar-refractivity contribution < 1.29 is 18.5 Å². The standard InChI is InChI=1S/C27H26O4S/c1-2-30-27(28)24-17-23(24)18-11-13-19(14-12-18)31-25-16-15-22-21(25)9-6-10-26(22)32(29)20-7-4-3-5-8-20/h3-14,23-25H,2,15-17H2,1H3/t23?,24?,25-,32?/m1/s1. The van der Waals surface area contributed by atoms with E-state index in [1.165, 1.54) is 0 Å². The van der Waals surface area contributed by atoms with E-state index in [1.54, 1.807) is 0 Å². The maximum Gasteiger partial charge on any atom is 0.309 e. The van der Waals surface area contributed by atoms with E-state index < -0.39 is 10.8 Å². The lowest BCUT2D eigenvalue weighted by atomic mass is 10.1. The Balaban J connectivity index is 1.29. The minimum absolute atomic E-state index is 0.00710. The Morgan fingerprint density at radius 3 is 2.53 bits per heavy atom. The summed E-state index contributed by atoms with van der Waals surface area (Å²) < 4.78 is 24.6. The molecule has 0 saturated heterocycles. The third kappa shape index (κ3) is 4.09. The van der Waals surface area contributed by atoms with Crippen LogP contribution in [0.4, 0.5) is 0 Å². The molecule has 0 radical (unpaired) electrons. The number of ether oxygens (including phenoxy) is 2. The summed E-state index contributed by atoms with van der Waals surface area (Å²) in [5, 5.41) is 0. The molecule has 0 amide bonds. The summed E-state index contributed by atoms with van der Waals surface area (Å²) >= 11 is 0. The number of rotatable bonds is 7. The molecule has 164 valence electrons. The molecule has 0 spiro atoms. The fourth-order valence-corrected chi connectivity index (χ4v) is 5.89. The molecule has 1 fully saturated rings. The van der Waals surface area contributed by atoms with E-state index in [-0.39, 0.29) is 23.9 Å². The van der Waals surface area contributed by atoms with E-state index in [0.717, 1.165) is 51.5 Å². The van der Waals surface area contributed by atoms with Crippen molar-refractivity contribution in [3.8, 4) is 5.75 Å². The van der Waals surface area contributed by atoms with E-state index >= 15 is 0 Å². The second-order valence-corrected chi connectivity index (χ2v) is 9.77. The maximum atomic E-state index is 13.1. The van der Waals surface area contributed by atoms with Gasteiger partial charge in [0.15, 0.2) is 0 Å². The molecule has 5 heteroatoms. The highest BCUT2D eigenvalue weighted by Gasteiger charge is 2.45. The Bertz CT molecular complexity index is 1140. The lowest BCUT2D eigenvalue weighted by Gasteiger charge is -2.16. The number of hydrogen-bond donors (Lipinski definition) is 0. The van der Waals surface area contributed by atoms with Crippen LogP contribution in [-0.2, 0) is 26.8 Å². The largest absolute Gasteiger partial charge is 0.486 e. The predicted molar refractivity (Wildman–Crippen MR) is 123 cm³/mol. The quantitative estimate of drug-likeness (QED) is 0.444. The number of benzene rings is 3. The number of carbonyl (C=O) groups is 1. The molecule has 3 aromatic rings. The van der Waals surface area contributed by atoms with Gasteiger partial charge in [-0.3, -0.25) is 4.79 Å². The average Bonchev–Trinajstić information content (AvgIpc) is 3.54. The fraction of sp³-hybridized carbons (Fsp3) is 0.296. The van der Waals surface area contributed by atoms with Gasteiger partial charge in [0.25, 0.3) is 0 Å². The Labute approximate surface area is 191 Å². The number of hydrogen-bond acceptors (Lipinski definition) is 4. The second-order valence-electron chi connectivity index (χ2n) is 8.32. The zero-order valence-corrected chi connectivity index (χ0v) is 18.8. The van der Waals surface area contributed by atoms with Crippen molar-refractivity contribution in [3.63, 3.8) is 0 Å². The third-order valence-electron chi connectivity index (χ3n) is 6.30. The van der Waals surface area contributed by atoms with Crippen LogP contribution in [0.15, 0.2) is 82.6 Å². The highest BCUT2D eigenvalue weighted by Crippen LogP contribution is 2.48. The molecular formula is C27H26O4S. The Morgan fingerprint density at radius 1 is 1.00 bits per heavy atom. The predicted octanol–water partition coefficient (Wildman–Crippen LogP) is 5.59. The van der Waals surface area contributed by atoms with Gasteiger partial charge in [0.2, 0.25) is 0 Å². The molecule has 5 rings (SSSR count). The van der Waals surface area contributed by atoms with E-state index in [9.17, 15) is 9.00 Å². The van der Waals surface area contributed by atoms with Crippen LogP contribution < -0.4 is 4.74 Å². The van der Waals surface area contributed by atoms with Gasteiger partial charge in [-0.25, -0.2) is 4.21 Å². The van der Waals surface area contributed by atoms with Crippen LogP contribution in [0.5, 0.6) is 5.75 Å². The smallest absolute Gasteiger partial charge is 0.309 e. The summed E-state index contributed by atoms with van der Waals surface area (Å²) in [6.07, 6.45) is 2.54. The van der Waals surface area contributed by atoms with Crippen molar-refractivity contribution in [1.82, 2.24) is 0 Å². The minimum Gasteiger partial charge on any atom is -0.486 e. The zero-order chi connectivity index (χ0) is 22.1. The summed E-state index contributed by atoms with van der Waals surface area (Å²) in [6, 6.07) is 23.7. The van der Waals surface area contributed by atoms with Crippen molar-refractivity contribution in [2.45, 2.75) is 48.0 Å². The summed E-state index contributed by atoms with van der Waals surface area (Å²) in [6.45, 7) is 2.27. The van der Waals surface area contributed by atoms with Gasteiger partial charge in [0, 0.05) is 9.79 Å². The Morgan fingerprint density at radius 2 is 1.78 bits per heavy atom. The lowest BCUT2D eigenvalue weighted by molar-refractivity contribution is -0.144. The lowest BCUT2D eigenvalue weighted by Crippen LogP contribution is -2.07. The molecule has 4 nitrogen and oxygen atoms in total. The first-order valence-electron chi connectivity index (χ1n) is 11.2. The van der Waals surface area contributed by atoms with Gasteiger partial charge in [-0.1, -0.05) is 42.5 Å². The van der Waals surface area contributed by atoms with Crippen LogP contribution in [0.25, 0.3) is 0 Å². The van der Waals surface area contributed by atoms with Crippen LogP contribution in [-0.4, -0.2) is 16.8 Å².